The van der Waals surface area contributed by atoms with Crippen LogP contribution in [0.15, 0.2) is 24.3 Å². The Morgan fingerprint density at radius 1 is 1.09 bits per heavy atom. The molecule has 0 saturated carbocycles. The van der Waals surface area contributed by atoms with Crippen LogP contribution in [-0.4, -0.2) is 25.8 Å². The SMILES string of the molecule is CCCCOc1ccccc1C(CC(F)(F)C(F)(F)F)OC. The molecule has 1 atom stereocenters. The average molecular weight is 326 g/mol. The Morgan fingerprint density at radius 2 is 1.73 bits per heavy atom. The standard InChI is InChI=1S/C15H19F5O2/c1-3-4-9-22-12-8-6-5-7-11(12)13(21-2)10-14(16,17)15(18,19)20/h5-8,13H,3-4,9-10H2,1-2H3. The smallest absolute Gasteiger partial charge is 0.453 e. The second-order valence-corrected chi connectivity index (χ2v) is 4.87. The number of ether oxygens (including phenoxy) is 2. The molecule has 1 rings (SSSR count). The zero-order valence-corrected chi connectivity index (χ0v) is 12.4. The van der Waals surface area contributed by atoms with Gasteiger partial charge >= 0.3 is 12.1 Å². The molecule has 0 aromatic heterocycles. The number of unbranched alkanes of at least 4 members (excludes halogenated alkanes) is 1. The van der Waals surface area contributed by atoms with Crippen molar-refractivity contribution in [3.8, 4) is 5.75 Å². The van der Waals surface area contributed by atoms with Gasteiger partial charge in [-0.25, -0.2) is 0 Å². The number of hydrogen-bond acceptors (Lipinski definition) is 2. The average Bonchev–Trinajstić information content (AvgIpc) is 2.44. The summed E-state index contributed by atoms with van der Waals surface area (Å²) in [5.74, 6) is -4.56. The summed E-state index contributed by atoms with van der Waals surface area (Å²) in [6, 6.07) is 6.13. The zero-order valence-electron chi connectivity index (χ0n) is 12.4. The predicted molar refractivity (Wildman–Crippen MR) is 72.2 cm³/mol. The Balaban J connectivity index is 2.95. The lowest BCUT2D eigenvalue weighted by atomic mass is 10.0. The van der Waals surface area contributed by atoms with Gasteiger partial charge in [-0.1, -0.05) is 31.5 Å². The van der Waals surface area contributed by atoms with Crippen LogP contribution in [0.3, 0.4) is 0 Å². The summed E-state index contributed by atoms with van der Waals surface area (Å²) in [5.41, 5.74) is 0.185. The lowest BCUT2D eigenvalue weighted by molar-refractivity contribution is -0.291. The largest absolute Gasteiger partial charge is 0.493 e. The normalized spacial score (nSPS) is 14.0. The third kappa shape index (κ3) is 4.83. The first-order chi connectivity index (χ1) is 10.2. The summed E-state index contributed by atoms with van der Waals surface area (Å²) in [6.45, 7) is 2.32. The molecule has 0 fully saturated rings. The summed E-state index contributed by atoms with van der Waals surface area (Å²) in [6.07, 6.45) is -6.87. The van der Waals surface area contributed by atoms with Gasteiger partial charge in [0.1, 0.15) is 5.75 Å². The molecule has 22 heavy (non-hydrogen) atoms. The van der Waals surface area contributed by atoms with E-state index in [1.807, 2.05) is 6.92 Å². The molecule has 126 valence electrons. The first-order valence-corrected chi connectivity index (χ1v) is 6.92. The van der Waals surface area contributed by atoms with E-state index in [4.69, 9.17) is 9.47 Å². The molecular formula is C15H19F5O2. The van der Waals surface area contributed by atoms with Gasteiger partial charge in [-0.2, -0.15) is 22.0 Å². The van der Waals surface area contributed by atoms with Crippen LogP contribution in [0.2, 0.25) is 0 Å². The minimum Gasteiger partial charge on any atom is -0.493 e. The molecule has 0 aliphatic carbocycles. The molecule has 0 amide bonds. The third-order valence-electron chi connectivity index (χ3n) is 3.16. The van der Waals surface area contributed by atoms with Crippen LogP contribution in [-0.2, 0) is 4.74 Å². The van der Waals surface area contributed by atoms with E-state index in [0.29, 0.717) is 6.61 Å². The second kappa shape index (κ2) is 7.76. The van der Waals surface area contributed by atoms with Crippen LogP contribution in [0.1, 0.15) is 37.9 Å². The molecule has 1 aromatic carbocycles. The quantitative estimate of drug-likeness (QED) is 0.486. The van der Waals surface area contributed by atoms with Gasteiger partial charge < -0.3 is 9.47 Å². The molecule has 2 nitrogen and oxygen atoms in total. The van der Waals surface area contributed by atoms with Crippen molar-refractivity contribution in [2.75, 3.05) is 13.7 Å². The zero-order chi connectivity index (χ0) is 16.8. The van der Waals surface area contributed by atoms with Crippen molar-refractivity contribution < 1.29 is 31.4 Å². The fraction of sp³-hybridized carbons (Fsp3) is 0.600. The van der Waals surface area contributed by atoms with Gasteiger partial charge in [0.15, 0.2) is 0 Å². The summed E-state index contributed by atoms with van der Waals surface area (Å²) >= 11 is 0. The van der Waals surface area contributed by atoms with Gasteiger partial charge in [0.25, 0.3) is 0 Å². The summed E-state index contributed by atoms with van der Waals surface area (Å²) in [4.78, 5) is 0. The lowest BCUT2D eigenvalue weighted by Gasteiger charge is -2.25. The number of hydrogen-bond donors (Lipinski definition) is 0. The predicted octanol–water partition coefficient (Wildman–Crippen LogP) is 5.14. The van der Waals surface area contributed by atoms with Crippen LogP contribution in [0.5, 0.6) is 5.75 Å². The van der Waals surface area contributed by atoms with Crippen molar-refractivity contribution >= 4 is 0 Å². The Hall–Kier alpha value is -1.37. The van der Waals surface area contributed by atoms with Crippen molar-refractivity contribution in [1.82, 2.24) is 0 Å². The highest BCUT2D eigenvalue weighted by atomic mass is 19.4. The van der Waals surface area contributed by atoms with Crippen molar-refractivity contribution in [3.05, 3.63) is 29.8 Å². The van der Waals surface area contributed by atoms with Crippen LogP contribution in [0.25, 0.3) is 0 Å². The highest BCUT2D eigenvalue weighted by Crippen LogP contribution is 2.43. The van der Waals surface area contributed by atoms with Crippen LogP contribution >= 0.6 is 0 Å². The van der Waals surface area contributed by atoms with Crippen LogP contribution in [0.4, 0.5) is 22.0 Å². The van der Waals surface area contributed by atoms with E-state index in [0.717, 1.165) is 20.0 Å². The minimum atomic E-state index is -5.61. The fourth-order valence-corrected chi connectivity index (χ4v) is 1.87. The molecule has 0 aliphatic heterocycles. The molecule has 1 aromatic rings. The monoisotopic (exact) mass is 326 g/mol. The van der Waals surface area contributed by atoms with Crippen molar-refractivity contribution in [2.45, 2.75) is 44.4 Å². The molecule has 0 radical (unpaired) electrons. The van der Waals surface area contributed by atoms with Crippen LogP contribution < -0.4 is 4.74 Å². The van der Waals surface area contributed by atoms with E-state index in [2.05, 4.69) is 0 Å². The highest BCUT2D eigenvalue weighted by molar-refractivity contribution is 5.35. The molecule has 0 spiro atoms. The minimum absolute atomic E-state index is 0.185. The summed E-state index contributed by atoms with van der Waals surface area (Å²) in [7, 11) is 1.10. The molecule has 1 unspecified atom stereocenters. The molecule has 0 heterocycles. The van der Waals surface area contributed by atoms with Gasteiger partial charge in [0.05, 0.1) is 19.1 Å². The molecule has 0 N–H and O–H groups in total. The molecule has 0 saturated heterocycles. The van der Waals surface area contributed by atoms with E-state index >= 15 is 0 Å². The van der Waals surface area contributed by atoms with Crippen molar-refractivity contribution in [1.29, 1.82) is 0 Å². The van der Waals surface area contributed by atoms with Crippen LogP contribution in [0, 0.1) is 0 Å². The Morgan fingerprint density at radius 3 is 2.27 bits per heavy atom. The number of benzene rings is 1. The van der Waals surface area contributed by atoms with E-state index in [1.165, 1.54) is 12.1 Å². The topological polar surface area (TPSA) is 18.5 Å². The van der Waals surface area contributed by atoms with E-state index < -0.39 is 24.6 Å². The van der Waals surface area contributed by atoms with Gasteiger partial charge in [0, 0.05) is 12.7 Å². The van der Waals surface area contributed by atoms with Gasteiger partial charge in [-0.05, 0) is 12.5 Å². The Bertz CT molecular complexity index is 459. The number of methoxy groups -OCH3 is 1. The van der Waals surface area contributed by atoms with Gasteiger partial charge in [0.2, 0.25) is 0 Å². The molecular weight excluding hydrogens is 307 g/mol. The highest BCUT2D eigenvalue weighted by Gasteiger charge is 2.58. The maximum atomic E-state index is 13.2. The number of alkyl halides is 5. The first-order valence-electron chi connectivity index (χ1n) is 6.92. The third-order valence-corrected chi connectivity index (χ3v) is 3.16. The van der Waals surface area contributed by atoms with Crippen molar-refractivity contribution in [2.24, 2.45) is 0 Å². The molecule has 0 bridgehead atoms. The maximum Gasteiger partial charge on any atom is 0.453 e. The second-order valence-electron chi connectivity index (χ2n) is 4.87. The lowest BCUT2D eigenvalue weighted by Crippen LogP contribution is -2.38. The first kappa shape index (κ1) is 18.7. The number of halogens is 5. The van der Waals surface area contributed by atoms with E-state index in [9.17, 15) is 22.0 Å². The maximum absolute atomic E-state index is 13.2. The van der Waals surface area contributed by atoms with E-state index in [-0.39, 0.29) is 11.3 Å². The fourth-order valence-electron chi connectivity index (χ4n) is 1.87. The van der Waals surface area contributed by atoms with E-state index in [1.54, 1.807) is 12.1 Å². The Labute approximate surface area is 126 Å². The summed E-state index contributed by atoms with van der Waals surface area (Å²) < 4.78 is 73.9. The van der Waals surface area contributed by atoms with Gasteiger partial charge in [-0.3, -0.25) is 0 Å². The molecule has 7 heteroatoms. The molecule has 0 aliphatic rings. The summed E-state index contributed by atoms with van der Waals surface area (Å²) in [5, 5.41) is 0. The number of para-hydroxylation sites is 1. The Kier molecular flexibility index (Phi) is 6.59. The van der Waals surface area contributed by atoms with Crippen molar-refractivity contribution in [3.63, 3.8) is 0 Å². The van der Waals surface area contributed by atoms with Gasteiger partial charge in [-0.15, -0.1) is 0 Å². The number of rotatable bonds is 8.